The van der Waals surface area contributed by atoms with Gasteiger partial charge < -0.3 is 4.42 Å². The summed E-state index contributed by atoms with van der Waals surface area (Å²) >= 11 is 3.59. The van der Waals surface area contributed by atoms with Gasteiger partial charge in [0.25, 0.3) is 0 Å². The minimum absolute atomic E-state index is 0.923. The summed E-state index contributed by atoms with van der Waals surface area (Å²) in [5, 5.41) is 3.37. The molecule has 0 amide bonds. The first-order valence-corrected chi connectivity index (χ1v) is 6.95. The summed E-state index contributed by atoms with van der Waals surface area (Å²) in [5.74, 6) is 2.93. The van der Waals surface area contributed by atoms with Crippen molar-refractivity contribution in [1.82, 2.24) is 4.98 Å². The average Bonchev–Trinajstić information content (AvgIpc) is 2.88. The largest absolute Gasteiger partial charge is 0.468 e. The minimum Gasteiger partial charge on any atom is -0.468 e. The van der Waals surface area contributed by atoms with Crippen molar-refractivity contribution in [2.75, 3.05) is 0 Å². The standard InChI is InChI=1S/C11H13NOS2/c1-2-11-12-9(7-15-11)6-14-8-10-4-3-5-13-10/h3-5,7H,2,6,8H2,1H3. The van der Waals surface area contributed by atoms with E-state index in [0.29, 0.717) is 0 Å². The highest BCUT2D eigenvalue weighted by atomic mass is 32.2. The molecule has 0 atom stereocenters. The third kappa shape index (κ3) is 3.11. The first-order valence-electron chi connectivity index (χ1n) is 4.92. The molecule has 80 valence electrons. The van der Waals surface area contributed by atoms with Gasteiger partial charge in [-0.3, -0.25) is 0 Å². The molecule has 0 aliphatic carbocycles. The van der Waals surface area contributed by atoms with E-state index in [2.05, 4.69) is 17.3 Å². The van der Waals surface area contributed by atoms with E-state index in [9.17, 15) is 0 Å². The van der Waals surface area contributed by atoms with Crippen molar-refractivity contribution in [3.8, 4) is 0 Å². The number of nitrogens with zero attached hydrogens (tertiary/aromatic N) is 1. The monoisotopic (exact) mass is 239 g/mol. The Bertz CT molecular complexity index is 394. The van der Waals surface area contributed by atoms with Crippen LogP contribution >= 0.6 is 23.1 Å². The normalized spacial score (nSPS) is 10.7. The lowest BCUT2D eigenvalue weighted by Crippen LogP contribution is -1.83. The van der Waals surface area contributed by atoms with Crippen molar-refractivity contribution in [2.45, 2.75) is 24.9 Å². The number of aromatic nitrogens is 1. The van der Waals surface area contributed by atoms with Crippen LogP contribution in [0.1, 0.15) is 23.4 Å². The first-order chi connectivity index (χ1) is 7.38. The molecule has 0 saturated carbocycles. The fourth-order valence-electron chi connectivity index (χ4n) is 1.23. The Morgan fingerprint density at radius 1 is 1.47 bits per heavy atom. The van der Waals surface area contributed by atoms with Gasteiger partial charge >= 0.3 is 0 Å². The van der Waals surface area contributed by atoms with Gasteiger partial charge in [0.1, 0.15) is 5.76 Å². The average molecular weight is 239 g/mol. The molecular weight excluding hydrogens is 226 g/mol. The number of furan rings is 1. The first kappa shape index (κ1) is 10.8. The van der Waals surface area contributed by atoms with Gasteiger partial charge in [-0.25, -0.2) is 4.98 Å². The van der Waals surface area contributed by atoms with Crippen molar-refractivity contribution in [1.29, 1.82) is 0 Å². The van der Waals surface area contributed by atoms with Crippen LogP contribution in [0.5, 0.6) is 0 Å². The van der Waals surface area contributed by atoms with Gasteiger partial charge in [0.05, 0.1) is 22.7 Å². The van der Waals surface area contributed by atoms with Gasteiger partial charge in [-0.2, -0.15) is 0 Å². The number of aryl methyl sites for hydroxylation is 1. The molecule has 0 unspecified atom stereocenters. The zero-order valence-electron chi connectivity index (χ0n) is 8.60. The molecule has 2 aromatic rings. The smallest absolute Gasteiger partial charge is 0.113 e. The molecular formula is C11H13NOS2. The van der Waals surface area contributed by atoms with E-state index < -0.39 is 0 Å². The van der Waals surface area contributed by atoms with Gasteiger partial charge in [0, 0.05) is 11.1 Å². The van der Waals surface area contributed by atoms with E-state index >= 15 is 0 Å². The summed E-state index contributed by atoms with van der Waals surface area (Å²) in [7, 11) is 0. The van der Waals surface area contributed by atoms with E-state index in [1.807, 2.05) is 23.9 Å². The lowest BCUT2D eigenvalue weighted by atomic mass is 10.5. The van der Waals surface area contributed by atoms with Crippen molar-refractivity contribution in [2.24, 2.45) is 0 Å². The van der Waals surface area contributed by atoms with E-state index in [1.165, 1.54) is 10.7 Å². The van der Waals surface area contributed by atoms with Gasteiger partial charge in [0.15, 0.2) is 0 Å². The molecule has 2 rings (SSSR count). The Labute approximate surface area is 97.7 Å². The molecule has 4 heteroatoms. The Kier molecular flexibility index (Phi) is 3.86. The van der Waals surface area contributed by atoms with E-state index in [1.54, 1.807) is 17.6 Å². The van der Waals surface area contributed by atoms with Crippen LogP contribution in [0.4, 0.5) is 0 Å². The summed E-state index contributed by atoms with van der Waals surface area (Å²) in [4.78, 5) is 4.51. The van der Waals surface area contributed by atoms with Crippen LogP contribution in [0.25, 0.3) is 0 Å². The summed E-state index contributed by atoms with van der Waals surface area (Å²) in [6.07, 6.45) is 2.75. The zero-order valence-corrected chi connectivity index (χ0v) is 10.2. The Balaban J connectivity index is 1.78. The fourth-order valence-corrected chi connectivity index (χ4v) is 2.90. The highest BCUT2D eigenvalue weighted by Crippen LogP contribution is 2.19. The number of thiazole rings is 1. The maximum Gasteiger partial charge on any atom is 0.113 e. The SMILES string of the molecule is CCc1nc(CSCc2ccco2)cs1. The lowest BCUT2D eigenvalue weighted by molar-refractivity contribution is 0.530. The number of rotatable bonds is 5. The van der Waals surface area contributed by atoms with Crippen molar-refractivity contribution in [3.63, 3.8) is 0 Å². The maximum atomic E-state index is 5.26. The second-order valence-corrected chi connectivity index (χ2v) is 5.09. The van der Waals surface area contributed by atoms with Gasteiger partial charge in [-0.15, -0.1) is 23.1 Å². The fraction of sp³-hybridized carbons (Fsp3) is 0.364. The molecule has 0 bridgehead atoms. The Morgan fingerprint density at radius 2 is 2.40 bits per heavy atom. The molecule has 0 aromatic carbocycles. The molecule has 0 N–H and O–H groups in total. The lowest BCUT2D eigenvalue weighted by Gasteiger charge is -1.95. The third-order valence-corrected chi connectivity index (χ3v) is 4.01. The van der Waals surface area contributed by atoms with E-state index in [0.717, 1.165) is 23.7 Å². The van der Waals surface area contributed by atoms with Crippen molar-refractivity contribution >= 4 is 23.1 Å². The van der Waals surface area contributed by atoms with Crippen LogP contribution in [0, 0.1) is 0 Å². The molecule has 0 saturated heterocycles. The summed E-state index contributed by atoms with van der Waals surface area (Å²) in [6.45, 7) is 2.14. The molecule has 0 radical (unpaired) electrons. The second-order valence-electron chi connectivity index (χ2n) is 3.16. The Hall–Kier alpha value is -0.740. The highest BCUT2D eigenvalue weighted by molar-refractivity contribution is 7.97. The van der Waals surface area contributed by atoms with E-state index in [4.69, 9.17) is 4.42 Å². The van der Waals surface area contributed by atoms with Crippen LogP contribution in [-0.4, -0.2) is 4.98 Å². The predicted molar refractivity (Wildman–Crippen MR) is 65.2 cm³/mol. The number of hydrogen-bond acceptors (Lipinski definition) is 4. The van der Waals surface area contributed by atoms with Crippen molar-refractivity contribution < 1.29 is 4.42 Å². The van der Waals surface area contributed by atoms with E-state index in [-0.39, 0.29) is 0 Å². The van der Waals surface area contributed by atoms with Crippen LogP contribution in [0.3, 0.4) is 0 Å². The summed E-state index contributed by atoms with van der Waals surface area (Å²) in [6, 6.07) is 3.93. The molecule has 2 aromatic heterocycles. The summed E-state index contributed by atoms with van der Waals surface area (Å²) in [5.41, 5.74) is 1.19. The van der Waals surface area contributed by atoms with Crippen LogP contribution in [0.15, 0.2) is 28.2 Å². The topological polar surface area (TPSA) is 26.0 Å². The molecule has 0 aliphatic heterocycles. The number of hydrogen-bond donors (Lipinski definition) is 0. The summed E-state index contributed by atoms with van der Waals surface area (Å²) < 4.78 is 5.26. The molecule has 0 fully saturated rings. The minimum atomic E-state index is 0.923. The Morgan fingerprint density at radius 3 is 3.07 bits per heavy atom. The third-order valence-electron chi connectivity index (χ3n) is 1.98. The molecule has 2 heterocycles. The van der Waals surface area contributed by atoms with Gasteiger partial charge in [-0.05, 0) is 18.6 Å². The van der Waals surface area contributed by atoms with Gasteiger partial charge in [-0.1, -0.05) is 6.92 Å². The van der Waals surface area contributed by atoms with Crippen LogP contribution in [-0.2, 0) is 17.9 Å². The zero-order chi connectivity index (χ0) is 10.5. The van der Waals surface area contributed by atoms with Crippen LogP contribution < -0.4 is 0 Å². The van der Waals surface area contributed by atoms with Crippen LogP contribution in [0.2, 0.25) is 0 Å². The number of thioether (sulfide) groups is 1. The van der Waals surface area contributed by atoms with Gasteiger partial charge in [0.2, 0.25) is 0 Å². The quantitative estimate of drug-likeness (QED) is 0.795. The predicted octanol–water partition coefficient (Wildman–Crippen LogP) is 3.73. The maximum absolute atomic E-state index is 5.26. The molecule has 15 heavy (non-hydrogen) atoms. The molecule has 2 nitrogen and oxygen atoms in total. The second kappa shape index (κ2) is 5.37. The highest BCUT2D eigenvalue weighted by Gasteiger charge is 2.01. The molecule has 0 aliphatic rings. The van der Waals surface area contributed by atoms with Crippen molar-refractivity contribution in [3.05, 3.63) is 40.2 Å². The molecule has 0 spiro atoms.